The van der Waals surface area contributed by atoms with Gasteiger partial charge < -0.3 is 20.1 Å². The Balaban J connectivity index is 2.73. The number of aliphatic imine (C=N–C) groups is 1. The number of methoxy groups -OCH3 is 1. The molecule has 6 heteroatoms. The third-order valence-corrected chi connectivity index (χ3v) is 3.22. The number of nitrogens with zero attached hydrogens (tertiary/aromatic N) is 2. The largest absolute Gasteiger partial charge is 0.496 e. The molecule has 0 unspecified atom stereocenters. The summed E-state index contributed by atoms with van der Waals surface area (Å²) in [6, 6.07) is 0. The van der Waals surface area contributed by atoms with E-state index < -0.39 is 0 Å². The van der Waals surface area contributed by atoms with E-state index in [1.807, 2.05) is 33.9 Å². The molecule has 22 heavy (non-hydrogen) atoms. The van der Waals surface area contributed by atoms with Crippen LogP contribution in [0.4, 0.5) is 0 Å². The standard InChI is InChI=1S/C16H28N4O2/c1-6-17-16(18-8-9-22-7-2)20-11-14-13(4)15(21-5)12(3)10-19-14/h10H,6-9,11H2,1-5H3,(H2,17,18,20). The van der Waals surface area contributed by atoms with Gasteiger partial charge in [0.05, 0.1) is 26.0 Å². The number of ether oxygens (including phenoxy) is 2. The lowest BCUT2D eigenvalue weighted by Crippen LogP contribution is -2.39. The molecule has 0 saturated heterocycles. The highest BCUT2D eigenvalue weighted by Crippen LogP contribution is 2.24. The van der Waals surface area contributed by atoms with E-state index in [0.717, 1.165) is 48.2 Å². The van der Waals surface area contributed by atoms with Gasteiger partial charge in [-0.1, -0.05) is 0 Å². The van der Waals surface area contributed by atoms with Crippen molar-refractivity contribution in [3.05, 3.63) is 23.0 Å². The van der Waals surface area contributed by atoms with Crippen molar-refractivity contribution in [2.45, 2.75) is 34.2 Å². The molecule has 0 aliphatic carbocycles. The lowest BCUT2D eigenvalue weighted by atomic mass is 10.1. The van der Waals surface area contributed by atoms with Crippen LogP contribution in [-0.2, 0) is 11.3 Å². The molecule has 0 amide bonds. The zero-order valence-electron chi connectivity index (χ0n) is 14.3. The van der Waals surface area contributed by atoms with Crippen LogP contribution in [0.2, 0.25) is 0 Å². The SMILES string of the molecule is CCNC(=NCc1ncc(C)c(OC)c1C)NCCOCC. The van der Waals surface area contributed by atoms with Crippen LogP contribution < -0.4 is 15.4 Å². The quantitative estimate of drug-likeness (QED) is 0.435. The summed E-state index contributed by atoms with van der Waals surface area (Å²) >= 11 is 0. The van der Waals surface area contributed by atoms with E-state index in [4.69, 9.17) is 9.47 Å². The van der Waals surface area contributed by atoms with Crippen LogP contribution in [0.5, 0.6) is 5.75 Å². The Morgan fingerprint density at radius 2 is 2.05 bits per heavy atom. The Kier molecular flexibility index (Phi) is 8.28. The van der Waals surface area contributed by atoms with Gasteiger partial charge in [-0.25, -0.2) is 4.99 Å². The second-order valence-corrected chi connectivity index (χ2v) is 4.87. The zero-order valence-corrected chi connectivity index (χ0v) is 14.3. The van der Waals surface area contributed by atoms with E-state index in [1.54, 1.807) is 7.11 Å². The van der Waals surface area contributed by atoms with Crippen LogP contribution >= 0.6 is 0 Å². The Hall–Kier alpha value is -1.82. The van der Waals surface area contributed by atoms with Crippen LogP contribution in [0.3, 0.4) is 0 Å². The maximum absolute atomic E-state index is 5.43. The molecule has 1 aromatic rings. The van der Waals surface area contributed by atoms with Gasteiger partial charge in [0.15, 0.2) is 5.96 Å². The molecule has 0 radical (unpaired) electrons. The molecule has 2 N–H and O–H groups in total. The molecular weight excluding hydrogens is 280 g/mol. The first-order chi connectivity index (χ1) is 10.6. The smallest absolute Gasteiger partial charge is 0.191 e. The van der Waals surface area contributed by atoms with Gasteiger partial charge in [0.1, 0.15) is 5.75 Å². The van der Waals surface area contributed by atoms with Crippen molar-refractivity contribution in [2.75, 3.05) is 33.4 Å². The molecule has 0 saturated carbocycles. The van der Waals surface area contributed by atoms with Crippen LogP contribution in [0.1, 0.15) is 30.7 Å². The van der Waals surface area contributed by atoms with E-state index >= 15 is 0 Å². The van der Waals surface area contributed by atoms with E-state index in [1.165, 1.54) is 0 Å². The number of hydrogen-bond acceptors (Lipinski definition) is 4. The molecule has 0 aromatic carbocycles. The van der Waals surface area contributed by atoms with Crippen molar-refractivity contribution in [1.82, 2.24) is 15.6 Å². The Morgan fingerprint density at radius 3 is 2.68 bits per heavy atom. The first kappa shape index (κ1) is 18.2. The summed E-state index contributed by atoms with van der Waals surface area (Å²) in [5.74, 6) is 1.65. The van der Waals surface area contributed by atoms with Crippen molar-refractivity contribution in [2.24, 2.45) is 4.99 Å². The summed E-state index contributed by atoms with van der Waals surface area (Å²) in [6.45, 7) is 11.5. The second kappa shape index (κ2) is 10.00. The minimum absolute atomic E-state index is 0.506. The molecule has 6 nitrogen and oxygen atoms in total. The molecular formula is C16H28N4O2. The molecule has 0 aliphatic heterocycles. The number of pyridine rings is 1. The van der Waals surface area contributed by atoms with Crippen LogP contribution in [0, 0.1) is 13.8 Å². The Labute approximate surface area is 133 Å². The number of nitrogens with one attached hydrogen (secondary N) is 2. The normalized spacial score (nSPS) is 11.4. The Bertz CT molecular complexity index is 489. The molecule has 0 aliphatic rings. The van der Waals surface area contributed by atoms with E-state index in [-0.39, 0.29) is 0 Å². The Morgan fingerprint density at radius 1 is 1.27 bits per heavy atom. The van der Waals surface area contributed by atoms with Gasteiger partial charge in [0.25, 0.3) is 0 Å². The summed E-state index contributed by atoms with van der Waals surface area (Å²) in [7, 11) is 1.68. The highest BCUT2D eigenvalue weighted by molar-refractivity contribution is 5.79. The second-order valence-electron chi connectivity index (χ2n) is 4.87. The summed E-state index contributed by atoms with van der Waals surface area (Å²) in [4.78, 5) is 9.03. The molecule has 0 fully saturated rings. The van der Waals surface area contributed by atoms with Gasteiger partial charge >= 0.3 is 0 Å². The minimum Gasteiger partial charge on any atom is -0.496 e. The molecule has 0 spiro atoms. The van der Waals surface area contributed by atoms with Gasteiger partial charge in [-0.05, 0) is 27.7 Å². The molecule has 1 heterocycles. The van der Waals surface area contributed by atoms with Crippen LogP contribution in [0.15, 0.2) is 11.2 Å². The average Bonchev–Trinajstić information content (AvgIpc) is 2.51. The third-order valence-electron chi connectivity index (χ3n) is 3.22. The zero-order chi connectivity index (χ0) is 16.4. The van der Waals surface area contributed by atoms with E-state index in [0.29, 0.717) is 13.2 Å². The number of aromatic nitrogens is 1. The predicted octanol–water partition coefficient (Wildman–Crippen LogP) is 1.80. The highest BCUT2D eigenvalue weighted by Gasteiger charge is 2.09. The molecule has 1 rings (SSSR count). The van der Waals surface area contributed by atoms with Crippen molar-refractivity contribution >= 4 is 5.96 Å². The molecule has 124 valence electrons. The van der Waals surface area contributed by atoms with Crippen LogP contribution in [-0.4, -0.2) is 44.4 Å². The lowest BCUT2D eigenvalue weighted by Gasteiger charge is -2.13. The molecule has 1 aromatic heterocycles. The summed E-state index contributed by atoms with van der Waals surface area (Å²) < 4.78 is 10.7. The number of guanidine groups is 1. The van der Waals surface area contributed by atoms with Crippen molar-refractivity contribution in [3.63, 3.8) is 0 Å². The van der Waals surface area contributed by atoms with Gasteiger partial charge in [0, 0.05) is 37.0 Å². The first-order valence-electron chi connectivity index (χ1n) is 7.72. The van der Waals surface area contributed by atoms with Crippen molar-refractivity contribution in [3.8, 4) is 5.75 Å². The molecule has 0 bridgehead atoms. The maximum Gasteiger partial charge on any atom is 0.191 e. The fourth-order valence-corrected chi connectivity index (χ4v) is 2.11. The van der Waals surface area contributed by atoms with E-state index in [2.05, 4.69) is 20.6 Å². The number of rotatable bonds is 8. The van der Waals surface area contributed by atoms with Gasteiger partial charge in [-0.3, -0.25) is 4.98 Å². The topological polar surface area (TPSA) is 67.8 Å². The summed E-state index contributed by atoms with van der Waals surface area (Å²) in [5, 5.41) is 6.45. The monoisotopic (exact) mass is 308 g/mol. The highest BCUT2D eigenvalue weighted by atomic mass is 16.5. The lowest BCUT2D eigenvalue weighted by molar-refractivity contribution is 0.152. The first-order valence-corrected chi connectivity index (χ1v) is 7.72. The molecule has 0 atom stereocenters. The fourth-order valence-electron chi connectivity index (χ4n) is 2.11. The average molecular weight is 308 g/mol. The van der Waals surface area contributed by atoms with Gasteiger partial charge in [-0.2, -0.15) is 0 Å². The number of aryl methyl sites for hydroxylation is 1. The predicted molar refractivity (Wildman–Crippen MR) is 89.6 cm³/mol. The van der Waals surface area contributed by atoms with E-state index in [9.17, 15) is 0 Å². The van der Waals surface area contributed by atoms with Crippen LogP contribution in [0.25, 0.3) is 0 Å². The number of hydrogen-bond donors (Lipinski definition) is 2. The third kappa shape index (κ3) is 5.52. The minimum atomic E-state index is 0.506. The summed E-state index contributed by atoms with van der Waals surface area (Å²) in [5.41, 5.74) is 3.00. The maximum atomic E-state index is 5.43. The summed E-state index contributed by atoms with van der Waals surface area (Å²) in [6.07, 6.45) is 1.83. The van der Waals surface area contributed by atoms with Crippen molar-refractivity contribution in [1.29, 1.82) is 0 Å². The van der Waals surface area contributed by atoms with Gasteiger partial charge in [0.2, 0.25) is 0 Å². The fraction of sp³-hybridized carbons (Fsp3) is 0.625. The van der Waals surface area contributed by atoms with Gasteiger partial charge in [-0.15, -0.1) is 0 Å². The van der Waals surface area contributed by atoms with Crippen molar-refractivity contribution < 1.29 is 9.47 Å².